The van der Waals surface area contributed by atoms with E-state index in [1.54, 1.807) is 13.8 Å². The van der Waals surface area contributed by atoms with Gasteiger partial charge >= 0.3 is 0 Å². The molecular weight excluding hydrogens is 396 g/mol. The predicted molar refractivity (Wildman–Crippen MR) is 122 cm³/mol. The van der Waals surface area contributed by atoms with Crippen molar-refractivity contribution in [2.75, 3.05) is 24.6 Å². The Hall–Kier alpha value is -1.02. The van der Waals surface area contributed by atoms with Crippen LogP contribution in [0.1, 0.15) is 81.1 Å². The normalized spacial score (nSPS) is 14.9. The molecular formula is C20H40N2O4S2. The van der Waals surface area contributed by atoms with Crippen molar-refractivity contribution < 1.29 is 19.2 Å². The van der Waals surface area contributed by atoms with Gasteiger partial charge in [-0.25, -0.2) is 0 Å². The highest BCUT2D eigenvalue weighted by atomic mass is 33.1. The SMILES string of the molecule is CC.CC.CCN1C(=O)CCC1=O.CCN1C(=O)CCC1=O.CCSSCC. The molecule has 0 spiro atoms. The standard InChI is InChI=1S/2C6H9NO2.C4H10S2.2C2H6/c2*1-2-7-5(8)3-4-6(7)9;1-3-5-6-4-2;2*1-2/h2*2-4H2,1H3;3-4H2,1-2H3;2*1-2H3. The van der Waals surface area contributed by atoms with E-state index >= 15 is 0 Å². The number of rotatable bonds is 5. The van der Waals surface area contributed by atoms with E-state index in [9.17, 15) is 19.2 Å². The number of imide groups is 2. The average molecular weight is 437 g/mol. The summed E-state index contributed by atoms with van der Waals surface area (Å²) in [7, 11) is 3.85. The topological polar surface area (TPSA) is 74.8 Å². The highest BCUT2D eigenvalue weighted by Crippen LogP contribution is 2.18. The average Bonchev–Trinajstić information content (AvgIpc) is 3.23. The van der Waals surface area contributed by atoms with Crippen LogP contribution < -0.4 is 0 Å². The molecule has 2 aliphatic rings. The monoisotopic (exact) mass is 436 g/mol. The zero-order valence-corrected chi connectivity index (χ0v) is 20.6. The molecule has 28 heavy (non-hydrogen) atoms. The van der Waals surface area contributed by atoms with Crippen LogP contribution in [0.4, 0.5) is 0 Å². The predicted octanol–water partition coefficient (Wildman–Crippen LogP) is 4.77. The molecule has 0 unspecified atom stereocenters. The quantitative estimate of drug-likeness (QED) is 0.351. The Labute approximate surface area is 179 Å². The number of likely N-dealkylation sites (tertiary alicyclic amines) is 2. The van der Waals surface area contributed by atoms with Crippen molar-refractivity contribution in [3.63, 3.8) is 0 Å². The van der Waals surface area contributed by atoms with Crippen LogP contribution in [0.3, 0.4) is 0 Å². The zero-order chi connectivity index (χ0) is 22.5. The van der Waals surface area contributed by atoms with Gasteiger partial charge in [-0.2, -0.15) is 0 Å². The molecule has 0 aromatic carbocycles. The molecule has 6 nitrogen and oxygen atoms in total. The van der Waals surface area contributed by atoms with E-state index in [4.69, 9.17) is 0 Å². The molecule has 2 rings (SSSR count). The first kappa shape index (κ1) is 31.7. The number of amides is 4. The van der Waals surface area contributed by atoms with Gasteiger partial charge in [0.05, 0.1) is 0 Å². The third-order valence-corrected chi connectivity index (χ3v) is 5.81. The molecule has 2 aliphatic heterocycles. The molecule has 0 N–H and O–H groups in total. The Balaban J connectivity index is -0.000000313. The maximum Gasteiger partial charge on any atom is 0.229 e. The lowest BCUT2D eigenvalue weighted by atomic mass is 10.4. The van der Waals surface area contributed by atoms with Crippen molar-refractivity contribution in [1.29, 1.82) is 0 Å². The highest BCUT2D eigenvalue weighted by molar-refractivity contribution is 8.76. The Bertz CT molecular complexity index is 374. The van der Waals surface area contributed by atoms with Gasteiger partial charge in [0.1, 0.15) is 0 Å². The molecule has 0 bridgehead atoms. The Morgan fingerprint density at radius 1 is 0.571 bits per heavy atom. The fourth-order valence-electron chi connectivity index (χ4n) is 2.12. The van der Waals surface area contributed by atoms with Crippen molar-refractivity contribution in [1.82, 2.24) is 9.80 Å². The van der Waals surface area contributed by atoms with Crippen molar-refractivity contribution in [3.05, 3.63) is 0 Å². The van der Waals surface area contributed by atoms with Gasteiger partial charge in [-0.15, -0.1) is 0 Å². The van der Waals surface area contributed by atoms with Crippen LogP contribution >= 0.6 is 21.6 Å². The number of carbonyl (C=O) groups excluding carboxylic acids is 4. The van der Waals surface area contributed by atoms with E-state index in [1.165, 1.54) is 21.3 Å². The molecule has 0 aliphatic carbocycles. The smallest absolute Gasteiger partial charge is 0.229 e. The minimum absolute atomic E-state index is 0.0255. The van der Waals surface area contributed by atoms with E-state index in [1.807, 2.05) is 49.3 Å². The summed E-state index contributed by atoms with van der Waals surface area (Å²) in [5.74, 6) is 2.37. The van der Waals surface area contributed by atoms with Crippen LogP contribution in [0, 0.1) is 0 Å². The van der Waals surface area contributed by atoms with Crippen LogP contribution in [-0.2, 0) is 19.2 Å². The minimum Gasteiger partial charge on any atom is -0.283 e. The number of hydrogen-bond donors (Lipinski definition) is 0. The van der Waals surface area contributed by atoms with Gasteiger partial charge in [-0.1, -0.05) is 63.1 Å². The number of hydrogen-bond acceptors (Lipinski definition) is 6. The van der Waals surface area contributed by atoms with E-state index in [-0.39, 0.29) is 23.6 Å². The third-order valence-electron chi connectivity index (χ3n) is 3.26. The first-order valence-corrected chi connectivity index (χ1v) is 12.8. The summed E-state index contributed by atoms with van der Waals surface area (Å²) in [5, 5.41) is 0. The van der Waals surface area contributed by atoms with E-state index in [2.05, 4.69) is 13.8 Å². The first-order chi connectivity index (χ1) is 13.4. The summed E-state index contributed by atoms with van der Waals surface area (Å²) in [4.78, 5) is 45.5. The second-order valence-electron chi connectivity index (χ2n) is 4.88. The lowest BCUT2D eigenvalue weighted by Gasteiger charge is -2.08. The second kappa shape index (κ2) is 22.3. The summed E-state index contributed by atoms with van der Waals surface area (Å²) in [5.41, 5.74) is 0. The largest absolute Gasteiger partial charge is 0.283 e. The molecule has 4 amide bonds. The maximum absolute atomic E-state index is 10.7. The molecule has 0 radical (unpaired) electrons. The lowest BCUT2D eigenvalue weighted by molar-refractivity contribution is -0.139. The zero-order valence-electron chi connectivity index (χ0n) is 19.0. The fourth-order valence-corrected chi connectivity index (χ4v) is 3.45. The van der Waals surface area contributed by atoms with Gasteiger partial charge < -0.3 is 0 Å². The molecule has 0 aromatic heterocycles. The number of nitrogens with zero attached hydrogens (tertiary/aromatic N) is 2. The summed E-state index contributed by atoms with van der Waals surface area (Å²) < 4.78 is 0. The van der Waals surface area contributed by atoms with Crippen molar-refractivity contribution in [3.8, 4) is 0 Å². The second-order valence-corrected chi connectivity index (χ2v) is 7.92. The van der Waals surface area contributed by atoms with E-state index in [0.717, 1.165) is 0 Å². The van der Waals surface area contributed by atoms with E-state index in [0.29, 0.717) is 38.8 Å². The lowest BCUT2D eigenvalue weighted by Crippen LogP contribution is -2.28. The highest BCUT2D eigenvalue weighted by Gasteiger charge is 2.27. The Kier molecular flexibility index (Phi) is 25.2. The van der Waals surface area contributed by atoms with E-state index < -0.39 is 0 Å². The first-order valence-electron chi connectivity index (χ1n) is 10.3. The molecule has 2 heterocycles. The Morgan fingerprint density at radius 2 is 0.786 bits per heavy atom. The summed E-state index contributed by atoms with van der Waals surface area (Å²) in [6.45, 7) is 17.0. The van der Waals surface area contributed by atoms with Gasteiger partial charge in [0.15, 0.2) is 0 Å². The molecule has 2 fully saturated rings. The minimum atomic E-state index is -0.0255. The summed E-state index contributed by atoms with van der Waals surface area (Å²) in [6.07, 6.45) is 1.64. The van der Waals surface area contributed by atoms with Crippen molar-refractivity contribution >= 4 is 45.2 Å². The van der Waals surface area contributed by atoms with Crippen molar-refractivity contribution in [2.45, 2.75) is 81.1 Å². The molecule has 0 aromatic rings. The summed E-state index contributed by atoms with van der Waals surface area (Å²) >= 11 is 0. The van der Waals surface area contributed by atoms with Gasteiger partial charge in [-0.3, -0.25) is 29.0 Å². The van der Waals surface area contributed by atoms with Crippen LogP contribution in [0.5, 0.6) is 0 Å². The van der Waals surface area contributed by atoms with Gasteiger partial charge in [0, 0.05) is 50.3 Å². The molecule has 8 heteroatoms. The van der Waals surface area contributed by atoms with Gasteiger partial charge in [0.25, 0.3) is 0 Å². The van der Waals surface area contributed by atoms with Crippen LogP contribution in [-0.4, -0.2) is 58.0 Å². The molecule has 166 valence electrons. The van der Waals surface area contributed by atoms with Gasteiger partial charge in [0.2, 0.25) is 23.6 Å². The van der Waals surface area contributed by atoms with Crippen molar-refractivity contribution in [2.24, 2.45) is 0 Å². The number of carbonyl (C=O) groups is 4. The molecule has 0 saturated carbocycles. The fraction of sp³-hybridized carbons (Fsp3) is 0.800. The van der Waals surface area contributed by atoms with Crippen LogP contribution in [0.25, 0.3) is 0 Å². The maximum atomic E-state index is 10.7. The summed E-state index contributed by atoms with van der Waals surface area (Å²) in [6, 6.07) is 0. The molecule has 2 saturated heterocycles. The van der Waals surface area contributed by atoms with Gasteiger partial charge in [-0.05, 0) is 13.8 Å². The van der Waals surface area contributed by atoms with Crippen LogP contribution in [0.15, 0.2) is 0 Å². The molecule has 0 atom stereocenters. The Morgan fingerprint density at radius 3 is 0.893 bits per heavy atom. The van der Waals surface area contributed by atoms with Crippen LogP contribution in [0.2, 0.25) is 0 Å². The third kappa shape index (κ3) is 14.0.